The van der Waals surface area contributed by atoms with Crippen LogP contribution in [0.4, 0.5) is 5.69 Å². The van der Waals surface area contributed by atoms with E-state index in [1.165, 1.54) is 11.8 Å². The van der Waals surface area contributed by atoms with Crippen LogP contribution in [0.5, 0.6) is 0 Å². The van der Waals surface area contributed by atoms with E-state index in [2.05, 4.69) is 15.5 Å². The SMILES string of the molecule is CC(C)CC(=O)Nc1ccc(C(=O)CSc2nnc(-c3ccccc3)n2C)cc1. The zero-order valence-corrected chi connectivity index (χ0v) is 17.6. The summed E-state index contributed by atoms with van der Waals surface area (Å²) >= 11 is 1.36. The minimum Gasteiger partial charge on any atom is -0.326 e. The molecule has 0 saturated carbocycles. The highest BCUT2D eigenvalue weighted by Crippen LogP contribution is 2.23. The van der Waals surface area contributed by atoms with E-state index in [4.69, 9.17) is 0 Å². The van der Waals surface area contributed by atoms with Crippen LogP contribution in [0.15, 0.2) is 59.8 Å². The highest BCUT2D eigenvalue weighted by molar-refractivity contribution is 7.99. The summed E-state index contributed by atoms with van der Waals surface area (Å²) in [6, 6.07) is 16.8. The number of anilines is 1. The Kier molecular flexibility index (Phi) is 6.82. The van der Waals surface area contributed by atoms with Gasteiger partial charge in [-0.3, -0.25) is 9.59 Å². The van der Waals surface area contributed by atoms with E-state index in [1.807, 2.05) is 55.8 Å². The molecule has 1 N–H and O–H groups in total. The molecule has 2 aromatic carbocycles. The lowest BCUT2D eigenvalue weighted by Gasteiger charge is -2.08. The Balaban J connectivity index is 1.59. The van der Waals surface area contributed by atoms with Crippen molar-refractivity contribution in [1.29, 1.82) is 0 Å². The number of benzene rings is 2. The molecule has 1 amide bonds. The van der Waals surface area contributed by atoms with Gasteiger partial charge in [0.25, 0.3) is 0 Å². The van der Waals surface area contributed by atoms with Gasteiger partial charge in [-0.2, -0.15) is 0 Å². The maximum absolute atomic E-state index is 12.5. The second-order valence-electron chi connectivity index (χ2n) is 7.17. The lowest BCUT2D eigenvalue weighted by Crippen LogP contribution is -2.14. The van der Waals surface area contributed by atoms with Crippen molar-refractivity contribution in [2.45, 2.75) is 25.4 Å². The molecule has 0 spiro atoms. The molecule has 0 aliphatic carbocycles. The lowest BCUT2D eigenvalue weighted by molar-refractivity contribution is -0.116. The monoisotopic (exact) mass is 408 g/mol. The molecule has 0 atom stereocenters. The van der Waals surface area contributed by atoms with Crippen molar-refractivity contribution in [3.8, 4) is 11.4 Å². The largest absolute Gasteiger partial charge is 0.326 e. The van der Waals surface area contributed by atoms with E-state index in [1.54, 1.807) is 24.3 Å². The number of rotatable bonds is 8. The molecule has 0 unspecified atom stereocenters. The van der Waals surface area contributed by atoms with Gasteiger partial charge in [-0.25, -0.2) is 0 Å². The number of Topliss-reactive ketones (excluding diaryl/α,β-unsaturated/α-hetero) is 1. The quantitative estimate of drug-likeness (QED) is 0.440. The maximum atomic E-state index is 12.5. The lowest BCUT2D eigenvalue weighted by atomic mass is 10.1. The van der Waals surface area contributed by atoms with Gasteiger partial charge in [-0.15, -0.1) is 10.2 Å². The van der Waals surface area contributed by atoms with Gasteiger partial charge in [0.05, 0.1) is 5.75 Å². The molecule has 1 aromatic heterocycles. The highest BCUT2D eigenvalue weighted by Gasteiger charge is 2.14. The molecule has 6 nitrogen and oxygen atoms in total. The molecule has 3 rings (SSSR count). The predicted molar refractivity (Wildman–Crippen MR) is 116 cm³/mol. The molecule has 0 aliphatic rings. The molecule has 0 aliphatic heterocycles. The van der Waals surface area contributed by atoms with Gasteiger partial charge in [0.2, 0.25) is 5.91 Å². The first kappa shape index (κ1) is 20.8. The summed E-state index contributed by atoms with van der Waals surface area (Å²) in [6.45, 7) is 4.00. The van der Waals surface area contributed by atoms with Gasteiger partial charge in [0.1, 0.15) is 0 Å². The smallest absolute Gasteiger partial charge is 0.224 e. The Bertz CT molecular complexity index is 982. The van der Waals surface area contributed by atoms with E-state index in [-0.39, 0.29) is 17.4 Å². The van der Waals surface area contributed by atoms with Crippen LogP contribution in [0.3, 0.4) is 0 Å². The van der Waals surface area contributed by atoms with Crippen molar-refractivity contribution in [1.82, 2.24) is 14.8 Å². The molecule has 0 bridgehead atoms. The standard InChI is InChI=1S/C22H24N4O2S/c1-15(2)13-20(28)23-18-11-9-16(10-12-18)19(27)14-29-22-25-24-21(26(22)3)17-7-5-4-6-8-17/h4-12,15H,13-14H2,1-3H3,(H,23,28). The Labute approximate surface area is 174 Å². The molecule has 3 aromatic rings. The third-order valence-corrected chi connectivity index (χ3v) is 5.30. The predicted octanol–water partition coefficient (Wildman–Crippen LogP) is 4.44. The van der Waals surface area contributed by atoms with E-state index in [9.17, 15) is 9.59 Å². The maximum Gasteiger partial charge on any atom is 0.224 e. The van der Waals surface area contributed by atoms with Crippen LogP contribution in [0.2, 0.25) is 0 Å². The molecule has 0 fully saturated rings. The number of hydrogen-bond donors (Lipinski definition) is 1. The Hall–Kier alpha value is -2.93. The number of nitrogens with one attached hydrogen (secondary N) is 1. The van der Waals surface area contributed by atoms with Gasteiger partial charge in [0, 0.05) is 30.3 Å². The molecule has 150 valence electrons. The minimum atomic E-state index is -0.0221. The first-order chi connectivity index (χ1) is 13.9. The summed E-state index contributed by atoms with van der Waals surface area (Å²) in [5.41, 5.74) is 2.28. The average molecular weight is 409 g/mol. The number of aromatic nitrogens is 3. The van der Waals surface area contributed by atoms with Crippen LogP contribution in [0, 0.1) is 5.92 Å². The fraction of sp³-hybridized carbons (Fsp3) is 0.273. The number of hydrogen-bond acceptors (Lipinski definition) is 5. The Morgan fingerprint density at radius 3 is 2.38 bits per heavy atom. The number of carbonyl (C=O) groups is 2. The fourth-order valence-electron chi connectivity index (χ4n) is 2.81. The first-order valence-corrected chi connectivity index (χ1v) is 10.4. The molecule has 0 radical (unpaired) electrons. The number of thioether (sulfide) groups is 1. The summed E-state index contributed by atoms with van der Waals surface area (Å²) in [5, 5.41) is 12.0. The van der Waals surface area contributed by atoms with Crippen molar-refractivity contribution >= 4 is 29.1 Å². The second kappa shape index (κ2) is 9.52. The summed E-state index contributed by atoms with van der Waals surface area (Å²) < 4.78 is 1.89. The number of nitrogens with zero attached hydrogens (tertiary/aromatic N) is 3. The zero-order valence-electron chi connectivity index (χ0n) is 16.8. The minimum absolute atomic E-state index is 0.000631. The normalized spacial score (nSPS) is 10.9. The van der Waals surface area contributed by atoms with E-state index in [0.717, 1.165) is 11.4 Å². The van der Waals surface area contributed by atoms with Crippen LogP contribution in [0.1, 0.15) is 30.6 Å². The van der Waals surface area contributed by atoms with E-state index >= 15 is 0 Å². The Morgan fingerprint density at radius 1 is 1.03 bits per heavy atom. The summed E-state index contributed by atoms with van der Waals surface area (Å²) in [4.78, 5) is 24.4. The third kappa shape index (κ3) is 5.54. The van der Waals surface area contributed by atoms with Crippen LogP contribution in [-0.2, 0) is 11.8 Å². The second-order valence-corrected chi connectivity index (χ2v) is 8.11. The average Bonchev–Trinajstić information content (AvgIpc) is 3.07. The summed E-state index contributed by atoms with van der Waals surface area (Å²) in [7, 11) is 1.89. The van der Waals surface area contributed by atoms with Crippen LogP contribution in [-0.4, -0.2) is 32.2 Å². The summed E-state index contributed by atoms with van der Waals surface area (Å²) in [5.74, 6) is 1.31. The van der Waals surface area contributed by atoms with Crippen molar-refractivity contribution < 1.29 is 9.59 Å². The van der Waals surface area contributed by atoms with Gasteiger partial charge in [-0.05, 0) is 30.2 Å². The van der Waals surface area contributed by atoms with Gasteiger partial charge in [0.15, 0.2) is 16.8 Å². The fourth-order valence-corrected chi connectivity index (χ4v) is 3.62. The Morgan fingerprint density at radius 2 is 1.72 bits per heavy atom. The molecule has 1 heterocycles. The topological polar surface area (TPSA) is 76.9 Å². The number of ketones is 1. The van der Waals surface area contributed by atoms with E-state index < -0.39 is 0 Å². The number of carbonyl (C=O) groups excluding carboxylic acids is 2. The van der Waals surface area contributed by atoms with Crippen molar-refractivity contribution in [2.75, 3.05) is 11.1 Å². The molecular formula is C22H24N4O2S. The number of amides is 1. The molecule has 0 saturated heterocycles. The third-order valence-electron chi connectivity index (χ3n) is 4.28. The first-order valence-electron chi connectivity index (χ1n) is 9.44. The van der Waals surface area contributed by atoms with Crippen molar-refractivity contribution in [3.63, 3.8) is 0 Å². The highest BCUT2D eigenvalue weighted by atomic mass is 32.2. The van der Waals surface area contributed by atoms with Crippen LogP contribution >= 0.6 is 11.8 Å². The van der Waals surface area contributed by atoms with Gasteiger partial charge >= 0.3 is 0 Å². The molecule has 7 heteroatoms. The molecule has 29 heavy (non-hydrogen) atoms. The van der Waals surface area contributed by atoms with Crippen molar-refractivity contribution in [3.05, 3.63) is 60.2 Å². The summed E-state index contributed by atoms with van der Waals surface area (Å²) in [6.07, 6.45) is 0.472. The van der Waals surface area contributed by atoms with E-state index in [0.29, 0.717) is 28.7 Å². The van der Waals surface area contributed by atoms with Crippen molar-refractivity contribution in [2.24, 2.45) is 13.0 Å². The zero-order chi connectivity index (χ0) is 20.8. The van der Waals surface area contributed by atoms with Gasteiger partial charge in [-0.1, -0.05) is 55.9 Å². The van der Waals surface area contributed by atoms with Crippen LogP contribution < -0.4 is 5.32 Å². The van der Waals surface area contributed by atoms with Gasteiger partial charge < -0.3 is 9.88 Å². The van der Waals surface area contributed by atoms with Crippen LogP contribution in [0.25, 0.3) is 11.4 Å². The molecular weight excluding hydrogens is 384 g/mol.